The molecule has 0 aliphatic rings. The van der Waals surface area contributed by atoms with E-state index in [1.165, 1.54) is 4.57 Å². The summed E-state index contributed by atoms with van der Waals surface area (Å²) in [7, 11) is 0. The van der Waals surface area contributed by atoms with Crippen LogP contribution in [-0.4, -0.2) is 9.55 Å². The van der Waals surface area contributed by atoms with Gasteiger partial charge in [0.15, 0.2) is 0 Å². The minimum atomic E-state index is -0.476. The van der Waals surface area contributed by atoms with Crippen molar-refractivity contribution < 1.29 is 4.42 Å². The summed E-state index contributed by atoms with van der Waals surface area (Å²) in [5.74, 6) is 0.166. The summed E-state index contributed by atoms with van der Waals surface area (Å²) in [6.45, 7) is 0. The van der Waals surface area contributed by atoms with Crippen molar-refractivity contribution >= 4 is 32.4 Å². The number of hydrogen-bond donors (Lipinski definition) is 0. The van der Waals surface area contributed by atoms with Gasteiger partial charge in [-0.1, -0.05) is 48.5 Å². The Morgan fingerprint density at radius 1 is 0.559 bits per heavy atom. The highest BCUT2D eigenvalue weighted by molar-refractivity contribution is 6.05. The van der Waals surface area contributed by atoms with Crippen molar-refractivity contribution in [3.63, 3.8) is 0 Å². The van der Waals surface area contributed by atoms with E-state index < -0.39 is 16.7 Å². The van der Waals surface area contributed by atoms with Crippen molar-refractivity contribution in [2.75, 3.05) is 0 Å². The molecule has 4 aromatic carbocycles. The molecular weight excluding hydrogens is 428 g/mol. The lowest BCUT2D eigenvalue weighted by Gasteiger charge is -2.05. The molecule has 0 amide bonds. The number of aromatic nitrogens is 2. The maximum atomic E-state index is 13.5. The second-order valence-corrected chi connectivity index (χ2v) is 7.91. The SMILES string of the molecule is O=c1oc(-c2ccc(-n3c(=O)c4ccccc4c4ccccc4c3=O)cc2)nc2ccccc12. The molecule has 6 nitrogen and oxygen atoms in total. The van der Waals surface area contributed by atoms with E-state index in [4.69, 9.17) is 4.42 Å². The van der Waals surface area contributed by atoms with Gasteiger partial charge in [-0.15, -0.1) is 0 Å². The summed E-state index contributed by atoms with van der Waals surface area (Å²) < 4.78 is 6.58. The number of benzene rings is 4. The standard InChI is InChI=1S/C28H16N2O4/c31-26-21-9-3-1-7-19(21)20-8-2-4-10-22(20)27(32)30(26)18-15-13-17(14-16-18)25-29-24-12-6-5-11-23(24)28(33)34-25/h1-16H. The van der Waals surface area contributed by atoms with Crippen LogP contribution in [0.15, 0.2) is 116 Å². The normalized spacial score (nSPS) is 11.3. The van der Waals surface area contributed by atoms with E-state index in [2.05, 4.69) is 4.98 Å². The number of nitrogens with zero attached hydrogens (tertiary/aromatic N) is 2. The van der Waals surface area contributed by atoms with Gasteiger partial charge in [-0.3, -0.25) is 9.59 Å². The van der Waals surface area contributed by atoms with Crippen LogP contribution in [0.3, 0.4) is 0 Å². The summed E-state index contributed by atoms with van der Waals surface area (Å²) in [5, 5.41) is 2.75. The minimum Gasteiger partial charge on any atom is -0.403 e. The Bertz CT molecular complexity index is 1850. The van der Waals surface area contributed by atoms with E-state index in [9.17, 15) is 14.4 Å². The largest absolute Gasteiger partial charge is 0.403 e. The lowest BCUT2D eigenvalue weighted by atomic mass is 10.1. The van der Waals surface area contributed by atoms with Gasteiger partial charge in [0.1, 0.15) is 0 Å². The van der Waals surface area contributed by atoms with Gasteiger partial charge in [0.05, 0.1) is 16.6 Å². The Kier molecular flexibility index (Phi) is 4.45. The first kappa shape index (κ1) is 19.8. The zero-order chi connectivity index (χ0) is 23.2. The van der Waals surface area contributed by atoms with Crippen molar-refractivity contribution in [3.8, 4) is 17.1 Å². The van der Waals surface area contributed by atoms with Gasteiger partial charge in [-0.05, 0) is 59.3 Å². The fraction of sp³-hybridized carbons (Fsp3) is 0. The molecule has 6 aromatic rings. The van der Waals surface area contributed by atoms with Crippen molar-refractivity contribution in [2.24, 2.45) is 0 Å². The second kappa shape index (κ2) is 7.64. The highest BCUT2D eigenvalue weighted by atomic mass is 16.4. The Balaban J connectivity index is 1.59. The van der Waals surface area contributed by atoms with Crippen LogP contribution in [0.5, 0.6) is 0 Å². The van der Waals surface area contributed by atoms with Gasteiger partial charge in [-0.25, -0.2) is 14.3 Å². The summed E-state index contributed by atoms with van der Waals surface area (Å²) in [4.78, 5) is 43.8. The third-order valence-electron chi connectivity index (χ3n) is 5.92. The molecule has 0 N–H and O–H groups in total. The number of fused-ring (bicyclic) bond motifs is 4. The Morgan fingerprint density at radius 2 is 1.06 bits per heavy atom. The Hall–Kier alpha value is -4.84. The molecule has 0 saturated carbocycles. The van der Waals surface area contributed by atoms with Gasteiger partial charge >= 0.3 is 5.63 Å². The van der Waals surface area contributed by atoms with Gasteiger partial charge in [0.2, 0.25) is 5.89 Å². The molecule has 0 fully saturated rings. The number of hydrogen-bond acceptors (Lipinski definition) is 5. The summed E-state index contributed by atoms with van der Waals surface area (Å²) in [5.41, 5.74) is 0.218. The first-order valence-corrected chi connectivity index (χ1v) is 10.7. The smallest absolute Gasteiger partial charge is 0.347 e. The van der Waals surface area contributed by atoms with E-state index in [-0.39, 0.29) is 5.89 Å². The zero-order valence-electron chi connectivity index (χ0n) is 17.8. The van der Waals surface area contributed by atoms with Gasteiger partial charge in [0, 0.05) is 16.3 Å². The maximum absolute atomic E-state index is 13.5. The molecule has 34 heavy (non-hydrogen) atoms. The molecule has 2 heterocycles. The third-order valence-corrected chi connectivity index (χ3v) is 5.92. The van der Waals surface area contributed by atoms with Crippen molar-refractivity contribution in [1.29, 1.82) is 0 Å². The average Bonchev–Trinajstić information content (AvgIpc) is 2.97. The lowest BCUT2D eigenvalue weighted by molar-refractivity contribution is 0.518. The average molecular weight is 444 g/mol. The molecule has 6 heteroatoms. The molecule has 0 bridgehead atoms. The summed E-state index contributed by atoms with van der Waals surface area (Å²) in [6, 6.07) is 28.0. The molecule has 0 atom stereocenters. The predicted octanol–water partition coefficient (Wildman–Crippen LogP) is 4.67. The van der Waals surface area contributed by atoms with E-state index in [0.717, 1.165) is 10.8 Å². The first-order valence-electron chi connectivity index (χ1n) is 10.7. The molecule has 162 valence electrons. The molecular formula is C28H16N2O4. The van der Waals surface area contributed by atoms with E-state index >= 15 is 0 Å². The maximum Gasteiger partial charge on any atom is 0.347 e. The molecule has 0 aliphatic carbocycles. The van der Waals surface area contributed by atoms with Crippen LogP contribution >= 0.6 is 0 Å². The fourth-order valence-electron chi connectivity index (χ4n) is 4.27. The quantitative estimate of drug-likeness (QED) is 0.388. The van der Waals surface area contributed by atoms with Crippen molar-refractivity contribution in [1.82, 2.24) is 9.55 Å². The fourth-order valence-corrected chi connectivity index (χ4v) is 4.27. The summed E-state index contributed by atoms with van der Waals surface area (Å²) >= 11 is 0. The second-order valence-electron chi connectivity index (χ2n) is 7.91. The van der Waals surface area contributed by atoms with E-state index in [0.29, 0.717) is 32.9 Å². The van der Waals surface area contributed by atoms with Crippen LogP contribution in [0.2, 0.25) is 0 Å². The third kappa shape index (κ3) is 3.04. The van der Waals surface area contributed by atoms with E-state index in [1.54, 1.807) is 72.8 Å². The minimum absolute atomic E-state index is 0.166. The molecule has 0 unspecified atom stereocenters. The van der Waals surface area contributed by atoms with Crippen LogP contribution in [-0.2, 0) is 0 Å². The molecule has 0 radical (unpaired) electrons. The molecule has 0 spiro atoms. The van der Waals surface area contributed by atoms with Crippen LogP contribution in [0.4, 0.5) is 0 Å². The number of para-hydroxylation sites is 1. The van der Waals surface area contributed by atoms with Crippen molar-refractivity contribution in [2.45, 2.75) is 0 Å². The van der Waals surface area contributed by atoms with Crippen LogP contribution in [0.25, 0.3) is 49.6 Å². The Morgan fingerprint density at radius 3 is 1.65 bits per heavy atom. The van der Waals surface area contributed by atoms with Crippen molar-refractivity contribution in [3.05, 3.63) is 128 Å². The van der Waals surface area contributed by atoms with E-state index in [1.807, 2.05) is 24.3 Å². The molecule has 6 rings (SSSR count). The van der Waals surface area contributed by atoms with Gasteiger partial charge < -0.3 is 4.42 Å². The summed E-state index contributed by atoms with van der Waals surface area (Å²) in [6.07, 6.45) is 0. The highest BCUT2D eigenvalue weighted by Gasteiger charge is 2.13. The zero-order valence-corrected chi connectivity index (χ0v) is 17.8. The highest BCUT2D eigenvalue weighted by Crippen LogP contribution is 2.22. The van der Waals surface area contributed by atoms with Crippen LogP contribution in [0, 0.1) is 0 Å². The Labute approximate surface area is 192 Å². The molecule has 0 aliphatic heterocycles. The van der Waals surface area contributed by atoms with Crippen LogP contribution in [0.1, 0.15) is 0 Å². The van der Waals surface area contributed by atoms with Gasteiger partial charge in [0.25, 0.3) is 11.1 Å². The van der Waals surface area contributed by atoms with Gasteiger partial charge in [-0.2, -0.15) is 0 Å². The number of rotatable bonds is 2. The monoisotopic (exact) mass is 444 g/mol. The predicted molar refractivity (Wildman–Crippen MR) is 133 cm³/mol. The molecule has 0 saturated heterocycles. The molecule has 2 aromatic heterocycles. The lowest BCUT2D eigenvalue weighted by Crippen LogP contribution is -2.28. The topological polar surface area (TPSA) is 82.2 Å². The first-order chi connectivity index (χ1) is 16.6. The van der Waals surface area contributed by atoms with Crippen LogP contribution < -0.4 is 16.7 Å².